The van der Waals surface area contributed by atoms with Gasteiger partial charge < -0.3 is 4.98 Å². The van der Waals surface area contributed by atoms with Crippen molar-refractivity contribution in [1.82, 2.24) is 4.98 Å². The maximum Gasteiger partial charge on any atom is 0.147 e. The molecule has 0 radical (unpaired) electrons. The van der Waals surface area contributed by atoms with Gasteiger partial charge in [-0.2, -0.15) is 0 Å². The third kappa shape index (κ3) is 1.02. The fourth-order valence-corrected chi connectivity index (χ4v) is 1.40. The first-order chi connectivity index (χ1) is 5.79. The molecule has 1 aromatic heterocycles. The summed E-state index contributed by atoms with van der Waals surface area (Å²) in [7, 11) is 0. The number of benzene rings is 1. The molecule has 0 aliphatic rings. The molecule has 1 aromatic carbocycles. The van der Waals surface area contributed by atoms with Gasteiger partial charge in [0.25, 0.3) is 0 Å². The Morgan fingerprint density at radius 2 is 2.08 bits per heavy atom. The largest absolute Gasteiger partial charge is 0.359 e. The van der Waals surface area contributed by atoms with Gasteiger partial charge in [-0.15, -0.1) is 0 Å². The number of halogens is 1. The van der Waals surface area contributed by atoms with E-state index in [9.17, 15) is 4.39 Å². The Balaban J connectivity index is 3.05. The molecular formula is C9H6FNS. The number of aromatic amines is 1. The van der Waals surface area contributed by atoms with Crippen LogP contribution in [0.25, 0.3) is 10.9 Å². The van der Waals surface area contributed by atoms with E-state index in [-0.39, 0.29) is 5.82 Å². The molecule has 0 aliphatic heterocycles. The van der Waals surface area contributed by atoms with Crippen LogP contribution in [0, 0.1) is 10.3 Å². The van der Waals surface area contributed by atoms with Gasteiger partial charge in [-0.25, -0.2) is 4.39 Å². The van der Waals surface area contributed by atoms with E-state index in [0.29, 0.717) is 10.0 Å². The summed E-state index contributed by atoms with van der Waals surface area (Å²) in [5.74, 6) is -0.265. The number of nitrogens with one attached hydrogen (secondary N) is 1. The van der Waals surface area contributed by atoms with Crippen molar-refractivity contribution in [3.8, 4) is 0 Å². The van der Waals surface area contributed by atoms with Gasteiger partial charge in [0.1, 0.15) is 5.82 Å². The molecule has 0 atom stereocenters. The van der Waals surface area contributed by atoms with Crippen LogP contribution in [-0.2, 0) is 0 Å². The molecule has 1 heterocycles. The number of rotatable bonds is 0. The zero-order chi connectivity index (χ0) is 8.55. The van der Waals surface area contributed by atoms with Gasteiger partial charge in [0, 0.05) is 16.1 Å². The van der Waals surface area contributed by atoms with Gasteiger partial charge in [-0.05, 0) is 12.1 Å². The van der Waals surface area contributed by atoms with Crippen LogP contribution in [0.4, 0.5) is 4.39 Å². The summed E-state index contributed by atoms with van der Waals surface area (Å²) < 4.78 is 13.8. The highest BCUT2D eigenvalue weighted by Gasteiger charge is 1.98. The topological polar surface area (TPSA) is 15.8 Å². The lowest BCUT2D eigenvalue weighted by atomic mass is 10.2. The Morgan fingerprint density at radius 1 is 1.25 bits per heavy atom. The van der Waals surface area contributed by atoms with E-state index in [2.05, 4.69) is 4.98 Å². The van der Waals surface area contributed by atoms with Gasteiger partial charge in [-0.1, -0.05) is 24.4 Å². The van der Waals surface area contributed by atoms with Crippen molar-refractivity contribution in [3.05, 3.63) is 40.8 Å². The van der Waals surface area contributed by atoms with E-state index in [1.165, 1.54) is 6.07 Å². The Labute approximate surface area is 73.9 Å². The molecule has 1 nitrogen and oxygen atoms in total. The minimum absolute atomic E-state index is 0.265. The van der Waals surface area contributed by atoms with Crippen LogP contribution < -0.4 is 0 Å². The predicted molar refractivity (Wildman–Crippen MR) is 49.1 cm³/mol. The first kappa shape index (κ1) is 7.43. The van der Waals surface area contributed by atoms with E-state index in [1.807, 2.05) is 0 Å². The molecule has 0 saturated heterocycles. The number of para-hydroxylation sites is 1. The maximum atomic E-state index is 13.1. The maximum absolute atomic E-state index is 13.1. The first-order valence-corrected chi connectivity index (χ1v) is 3.96. The summed E-state index contributed by atoms with van der Waals surface area (Å²) in [6.45, 7) is 0. The van der Waals surface area contributed by atoms with Crippen molar-refractivity contribution in [1.29, 1.82) is 0 Å². The second-order valence-electron chi connectivity index (χ2n) is 2.50. The molecule has 0 spiro atoms. The molecule has 12 heavy (non-hydrogen) atoms. The van der Waals surface area contributed by atoms with Crippen molar-refractivity contribution in [2.45, 2.75) is 0 Å². The Bertz CT molecular complexity index is 475. The summed E-state index contributed by atoms with van der Waals surface area (Å²) in [4.78, 5) is 2.82. The molecule has 2 rings (SSSR count). The minimum atomic E-state index is -0.265. The van der Waals surface area contributed by atoms with Crippen LogP contribution in [0.1, 0.15) is 0 Å². The quantitative estimate of drug-likeness (QED) is 0.614. The number of aromatic nitrogens is 1. The highest BCUT2D eigenvalue weighted by molar-refractivity contribution is 7.71. The molecule has 0 bridgehead atoms. The van der Waals surface area contributed by atoms with Crippen molar-refractivity contribution in [2.75, 3.05) is 0 Å². The van der Waals surface area contributed by atoms with Gasteiger partial charge >= 0.3 is 0 Å². The number of pyridine rings is 1. The Kier molecular flexibility index (Phi) is 1.66. The fourth-order valence-electron chi connectivity index (χ4n) is 1.17. The van der Waals surface area contributed by atoms with Crippen LogP contribution in [0.3, 0.4) is 0 Å². The predicted octanol–water partition coefficient (Wildman–Crippen LogP) is 3.04. The van der Waals surface area contributed by atoms with Gasteiger partial charge in [0.15, 0.2) is 0 Å². The SMILES string of the molecule is Fc1cccc2c(=S)cc[nH]c12. The second kappa shape index (κ2) is 2.68. The van der Waals surface area contributed by atoms with Crippen molar-refractivity contribution in [2.24, 2.45) is 0 Å². The highest BCUT2D eigenvalue weighted by Crippen LogP contribution is 2.15. The minimum Gasteiger partial charge on any atom is -0.359 e. The van der Waals surface area contributed by atoms with E-state index < -0.39 is 0 Å². The standard InChI is InChI=1S/C9H6FNS/c10-7-3-1-2-6-8(12)4-5-11-9(6)7/h1-5H,(H,11,12). The molecule has 0 unspecified atom stereocenters. The van der Waals surface area contributed by atoms with Crippen molar-refractivity contribution in [3.63, 3.8) is 0 Å². The van der Waals surface area contributed by atoms with Gasteiger partial charge in [0.2, 0.25) is 0 Å². The molecule has 60 valence electrons. The van der Waals surface area contributed by atoms with Gasteiger partial charge in [-0.3, -0.25) is 0 Å². The summed E-state index contributed by atoms with van der Waals surface area (Å²) >= 11 is 5.03. The Hall–Kier alpha value is -1.22. The van der Waals surface area contributed by atoms with E-state index in [1.54, 1.807) is 24.4 Å². The highest BCUT2D eigenvalue weighted by atomic mass is 32.1. The molecule has 0 amide bonds. The monoisotopic (exact) mass is 179 g/mol. The van der Waals surface area contributed by atoms with Crippen molar-refractivity contribution < 1.29 is 4.39 Å². The summed E-state index contributed by atoms with van der Waals surface area (Å²) in [5, 5.41) is 0.757. The number of hydrogen-bond donors (Lipinski definition) is 1. The number of H-pyrrole nitrogens is 1. The third-order valence-corrected chi connectivity index (χ3v) is 2.10. The van der Waals surface area contributed by atoms with Crippen LogP contribution in [0.2, 0.25) is 0 Å². The fraction of sp³-hybridized carbons (Fsp3) is 0. The molecule has 1 N–H and O–H groups in total. The Morgan fingerprint density at radius 3 is 2.83 bits per heavy atom. The smallest absolute Gasteiger partial charge is 0.147 e. The lowest BCUT2D eigenvalue weighted by Crippen LogP contribution is -1.82. The normalized spacial score (nSPS) is 10.4. The van der Waals surface area contributed by atoms with Gasteiger partial charge in [0.05, 0.1) is 5.52 Å². The van der Waals surface area contributed by atoms with Crippen molar-refractivity contribution >= 4 is 23.1 Å². The third-order valence-electron chi connectivity index (χ3n) is 1.74. The van der Waals surface area contributed by atoms with Crippen LogP contribution in [-0.4, -0.2) is 4.98 Å². The molecule has 3 heteroatoms. The molecule has 0 aliphatic carbocycles. The van der Waals surface area contributed by atoms with Crippen LogP contribution >= 0.6 is 12.2 Å². The lowest BCUT2D eigenvalue weighted by Gasteiger charge is -1.97. The zero-order valence-electron chi connectivity index (χ0n) is 6.17. The van der Waals surface area contributed by atoms with Crippen LogP contribution in [0.15, 0.2) is 30.5 Å². The molecule has 2 aromatic rings. The van der Waals surface area contributed by atoms with E-state index in [4.69, 9.17) is 12.2 Å². The average molecular weight is 179 g/mol. The first-order valence-electron chi connectivity index (χ1n) is 3.55. The average Bonchev–Trinajstić information content (AvgIpc) is 2.07. The zero-order valence-corrected chi connectivity index (χ0v) is 6.99. The van der Waals surface area contributed by atoms with Crippen LogP contribution in [0.5, 0.6) is 0 Å². The molecule has 0 saturated carbocycles. The lowest BCUT2D eigenvalue weighted by molar-refractivity contribution is 0.637. The number of fused-ring (bicyclic) bond motifs is 1. The molecule has 0 fully saturated rings. The summed E-state index contributed by atoms with van der Waals surface area (Å²) in [5.41, 5.74) is 0.477. The summed E-state index contributed by atoms with van der Waals surface area (Å²) in [6.07, 6.45) is 1.65. The van der Waals surface area contributed by atoms with E-state index in [0.717, 1.165) is 5.39 Å². The summed E-state index contributed by atoms with van der Waals surface area (Å²) in [6, 6.07) is 6.61. The number of hydrogen-bond acceptors (Lipinski definition) is 1. The van der Waals surface area contributed by atoms with E-state index >= 15 is 0 Å². The second-order valence-corrected chi connectivity index (χ2v) is 2.94. The molecular weight excluding hydrogens is 173 g/mol.